The molecule has 0 aromatic heterocycles. The van der Waals surface area contributed by atoms with Crippen molar-refractivity contribution in [3.05, 3.63) is 47.5 Å². The van der Waals surface area contributed by atoms with Crippen molar-refractivity contribution < 1.29 is 29.4 Å². The van der Waals surface area contributed by atoms with Gasteiger partial charge >= 0.3 is 11.9 Å². The summed E-state index contributed by atoms with van der Waals surface area (Å²) in [6.45, 7) is 0. The standard InChI is InChI=1S/C14H10O6/c15-11(13(17)18)6-4-9-2-1-3-10(8-9)5-7-12(16)14(19)20/h1-8H,(H,17,18)(H,19,20)/b6-4+,7-5+. The zero-order chi connectivity index (χ0) is 15.1. The second-order valence-electron chi connectivity index (χ2n) is 3.68. The number of aliphatic carboxylic acids is 2. The van der Waals surface area contributed by atoms with Crippen LogP contribution in [0.4, 0.5) is 0 Å². The van der Waals surface area contributed by atoms with Crippen LogP contribution in [-0.2, 0) is 19.2 Å². The molecule has 0 fully saturated rings. The average Bonchev–Trinajstić information content (AvgIpc) is 2.42. The van der Waals surface area contributed by atoms with Crippen LogP contribution in [-0.4, -0.2) is 33.7 Å². The molecule has 0 amide bonds. The van der Waals surface area contributed by atoms with Crippen molar-refractivity contribution in [2.75, 3.05) is 0 Å². The second kappa shape index (κ2) is 6.79. The number of ketones is 2. The Bertz CT molecular complexity index is 573. The van der Waals surface area contributed by atoms with E-state index < -0.39 is 23.5 Å². The molecule has 20 heavy (non-hydrogen) atoms. The number of hydrogen-bond donors (Lipinski definition) is 2. The molecule has 0 saturated heterocycles. The van der Waals surface area contributed by atoms with Gasteiger partial charge in [-0.3, -0.25) is 9.59 Å². The highest BCUT2D eigenvalue weighted by Gasteiger charge is 2.06. The van der Waals surface area contributed by atoms with Gasteiger partial charge in [-0.1, -0.05) is 30.4 Å². The first-order valence-electron chi connectivity index (χ1n) is 5.41. The SMILES string of the molecule is O=C(O)C(=O)/C=C/c1cccc(/C=C/C(=O)C(=O)O)c1. The van der Waals surface area contributed by atoms with E-state index in [-0.39, 0.29) is 0 Å². The lowest BCUT2D eigenvalue weighted by Gasteiger charge is -1.96. The highest BCUT2D eigenvalue weighted by atomic mass is 16.4. The molecular formula is C14H10O6. The molecule has 6 nitrogen and oxygen atoms in total. The molecule has 2 N–H and O–H groups in total. The topological polar surface area (TPSA) is 109 Å². The molecule has 0 heterocycles. The molecule has 0 unspecified atom stereocenters. The molecule has 1 aromatic rings. The fraction of sp³-hybridized carbons (Fsp3) is 0. The van der Waals surface area contributed by atoms with E-state index in [0.29, 0.717) is 11.1 Å². The van der Waals surface area contributed by atoms with E-state index >= 15 is 0 Å². The third-order valence-corrected chi connectivity index (χ3v) is 2.19. The van der Waals surface area contributed by atoms with Crippen molar-refractivity contribution in [1.82, 2.24) is 0 Å². The number of carbonyl (C=O) groups excluding carboxylic acids is 2. The third kappa shape index (κ3) is 4.69. The van der Waals surface area contributed by atoms with Crippen LogP contribution < -0.4 is 0 Å². The Balaban J connectivity index is 2.86. The smallest absolute Gasteiger partial charge is 0.376 e. The summed E-state index contributed by atoms with van der Waals surface area (Å²) in [6.07, 6.45) is 4.45. The van der Waals surface area contributed by atoms with Gasteiger partial charge in [-0.2, -0.15) is 0 Å². The predicted molar refractivity (Wildman–Crippen MR) is 69.8 cm³/mol. The van der Waals surface area contributed by atoms with Gasteiger partial charge in [-0.05, 0) is 29.3 Å². The monoisotopic (exact) mass is 274 g/mol. The van der Waals surface area contributed by atoms with Crippen molar-refractivity contribution >= 4 is 35.7 Å². The molecule has 0 aliphatic rings. The fourth-order valence-corrected chi connectivity index (χ4v) is 1.25. The maximum atomic E-state index is 10.9. The molecular weight excluding hydrogens is 264 g/mol. The van der Waals surface area contributed by atoms with Gasteiger partial charge in [0.15, 0.2) is 0 Å². The minimum atomic E-state index is -1.55. The molecule has 102 valence electrons. The number of hydrogen-bond acceptors (Lipinski definition) is 4. The average molecular weight is 274 g/mol. The Morgan fingerprint density at radius 2 is 1.20 bits per heavy atom. The summed E-state index contributed by atoms with van der Waals surface area (Å²) in [5.74, 6) is -5.20. The quantitative estimate of drug-likeness (QED) is 0.592. The summed E-state index contributed by atoms with van der Waals surface area (Å²) >= 11 is 0. The van der Waals surface area contributed by atoms with Gasteiger partial charge in [-0.15, -0.1) is 0 Å². The van der Waals surface area contributed by atoms with Gasteiger partial charge in [0, 0.05) is 0 Å². The Kier molecular flexibility index (Phi) is 5.11. The van der Waals surface area contributed by atoms with E-state index in [9.17, 15) is 19.2 Å². The molecule has 6 heteroatoms. The predicted octanol–water partition coefficient (Wildman–Crippen LogP) is 1.02. The highest BCUT2D eigenvalue weighted by Crippen LogP contribution is 2.09. The second-order valence-corrected chi connectivity index (χ2v) is 3.68. The van der Waals surface area contributed by atoms with E-state index in [0.717, 1.165) is 12.2 Å². The van der Waals surface area contributed by atoms with Crippen molar-refractivity contribution in [3.8, 4) is 0 Å². The number of carboxylic acid groups (broad SMARTS) is 2. The van der Waals surface area contributed by atoms with Gasteiger partial charge in [0.05, 0.1) is 0 Å². The first kappa shape index (κ1) is 15.0. The van der Waals surface area contributed by atoms with Gasteiger partial charge in [0.2, 0.25) is 0 Å². The fourth-order valence-electron chi connectivity index (χ4n) is 1.25. The Labute approximate surface area is 113 Å². The Morgan fingerprint density at radius 3 is 1.55 bits per heavy atom. The van der Waals surface area contributed by atoms with Gasteiger partial charge < -0.3 is 10.2 Å². The van der Waals surface area contributed by atoms with Crippen LogP contribution in [0.5, 0.6) is 0 Å². The van der Waals surface area contributed by atoms with E-state index in [4.69, 9.17) is 10.2 Å². The van der Waals surface area contributed by atoms with Crippen molar-refractivity contribution in [3.63, 3.8) is 0 Å². The summed E-state index contributed by atoms with van der Waals surface area (Å²) in [6, 6.07) is 6.44. The summed E-state index contributed by atoms with van der Waals surface area (Å²) < 4.78 is 0. The summed E-state index contributed by atoms with van der Waals surface area (Å²) in [7, 11) is 0. The summed E-state index contributed by atoms with van der Waals surface area (Å²) in [4.78, 5) is 42.4. The Hall–Kier alpha value is -3.02. The lowest BCUT2D eigenvalue weighted by atomic mass is 10.1. The van der Waals surface area contributed by atoms with Crippen LogP contribution in [0.3, 0.4) is 0 Å². The molecule has 0 radical (unpaired) electrons. The summed E-state index contributed by atoms with van der Waals surface area (Å²) in [5.41, 5.74) is 1.09. The van der Waals surface area contributed by atoms with Gasteiger partial charge in [0.25, 0.3) is 11.6 Å². The Morgan fingerprint density at radius 1 is 0.800 bits per heavy atom. The zero-order valence-corrected chi connectivity index (χ0v) is 10.1. The molecule has 1 aromatic carbocycles. The van der Waals surface area contributed by atoms with Crippen molar-refractivity contribution in [2.45, 2.75) is 0 Å². The number of benzene rings is 1. The van der Waals surface area contributed by atoms with Gasteiger partial charge in [-0.25, -0.2) is 9.59 Å². The van der Waals surface area contributed by atoms with Crippen molar-refractivity contribution in [1.29, 1.82) is 0 Å². The highest BCUT2D eigenvalue weighted by molar-refractivity contribution is 6.38. The van der Waals surface area contributed by atoms with Crippen LogP contribution in [0, 0.1) is 0 Å². The maximum Gasteiger partial charge on any atom is 0.376 e. The first-order valence-corrected chi connectivity index (χ1v) is 5.41. The lowest BCUT2D eigenvalue weighted by Crippen LogP contribution is -2.08. The minimum Gasteiger partial charge on any atom is -0.475 e. The molecule has 0 aliphatic carbocycles. The van der Waals surface area contributed by atoms with Crippen molar-refractivity contribution in [2.24, 2.45) is 0 Å². The van der Waals surface area contributed by atoms with Crippen LogP contribution in [0.25, 0.3) is 12.2 Å². The van der Waals surface area contributed by atoms with Crippen LogP contribution >= 0.6 is 0 Å². The van der Waals surface area contributed by atoms with E-state index in [1.54, 1.807) is 24.3 Å². The molecule has 1 rings (SSSR count). The largest absolute Gasteiger partial charge is 0.475 e. The maximum absolute atomic E-state index is 10.9. The van der Waals surface area contributed by atoms with Crippen LogP contribution in [0.1, 0.15) is 11.1 Å². The van der Waals surface area contributed by atoms with Crippen LogP contribution in [0.2, 0.25) is 0 Å². The zero-order valence-electron chi connectivity index (χ0n) is 10.1. The van der Waals surface area contributed by atoms with Crippen LogP contribution in [0.15, 0.2) is 36.4 Å². The van der Waals surface area contributed by atoms with E-state index in [1.807, 2.05) is 0 Å². The normalized spacial score (nSPS) is 10.8. The number of rotatable bonds is 6. The molecule has 0 bridgehead atoms. The minimum absolute atomic E-state index is 0.546. The number of carboxylic acids is 2. The molecule has 0 spiro atoms. The third-order valence-electron chi connectivity index (χ3n) is 2.19. The number of carbonyl (C=O) groups is 4. The van der Waals surface area contributed by atoms with E-state index in [1.165, 1.54) is 12.2 Å². The van der Waals surface area contributed by atoms with E-state index in [2.05, 4.69) is 0 Å². The molecule has 0 aliphatic heterocycles. The lowest BCUT2D eigenvalue weighted by molar-refractivity contribution is -0.146. The molecule has 0 atom stereocenters. The van der Waals surface area contributed by atoms with Gasteiger partial charge in [0.1, 0.15) is 0 Å². The summed E-state index contributed by atoms with van der Waals surface area (Å²) in [5, 5.41) is 16.8. The first-order chi connectivity index (χ1) is 9.40. The molecule has 0 saturated carbocycles.